The van der Waals surface area contributed by atoms with Crippen LogP contribution in [0.25, 0.3) is 0 Å². The molecular formula is C15H21N3O3. The van der Waals surface area contributed by atoms with Gasteiger partial charge < -0.3 is 10.4 Å². The summed E-state index contributed by atoms with van der Waals surface area (Å²) in [5.74, 6) is -1.21. The molecule has 3 rings (SSSR count). The van der Waals surface area contributed by atoms with Crippen LogP contribution in [0.3, 0.4) is 0 Å². The number of hydrogen-bond donors (Lipinski definition) is 2. The summed E-state index contributed by atoms with van der Waals surface area (Å²) >= 11 is 0. The molecule has 0 radical (unpaired) electrons. The summed E-state index contributed by atoms with van der Waals surface area (Å²) in [5.41, 5.74) is 0.598. The van der Waals surface area contributed by atoms with Gasteiger partial charge >= 0.3 is 5.97 Å². The molecule has 2 aliphatic rings. The van der Waals surface area contributed by atoms with Crippen molar-refractivity contribution in [3.05, 3.63) is 18.0 Å². The minimum atomic E-state index is -0.761. The van der Waals surface area contributed by atoms with E-state index in [1.54, 1.807) is 12.3 Å². The number of nitrogens with one attached hydrogen (secondary N) is 1. The molecular weight excluding hydrogens is 270 g/mol. The lowest BCUT2D eigenvalue weighted by molar-refractivity contribution is -0.141. The predicted octanol–water partition coefficient (Wildman–Crippen LogP) is 1.98. The van der Waals surface area contributed by atoms with Gasteiger partial charge in [0.15, 0.2) is 0 Å². The Morgan fingerprint density at radius 1 is 1.24 bits per heavy atom. The highest BCUT2D eigenvalue weighted by Crippen LogP contribution is 2.30. The third kappa shape index (κ3) is 2.94. The van der Waals surface area contributed by atoms with E-state index in [4.69, 9.17) is 5.11 Å². The second-order valence-electron chi connectivity index (χ2n) is 6.12. The molecule has 1 amide bonds. The molecule has 2 N–H and O–H groups in total. The van der Waals surface area contributed by atoms with Crippen molar-refractivity contribution in [1.82, 2.24) is 15.1 Å². The Bertz CT molecular complexity index is 534. The van der Waals surface area contributed by atoms with Crippen molar-refractivity contribution in [2.45, 2.75) is 57.0 Å². The third-order valence-corrected chi connectivity index (χ3v) is 4.69. The number of carbonyl (C=O) groups is 2. The van der Waals surface area contributed by atoms with Crippen LogP contribution in [-0.4, -0.2) is 32.8 Å². The van der Waals surface area contributed by atoms with E-state index in [2.05, 4.69) is 10.4 Å². The highest BCUT2D eigenvalue weighted by Gasteiger charge is 2.31. The summed E-state index contributed by atoms with van der Waals surface area (Å²) in [6.45, 7) is 0. The monoisotopic (exact) mass is 291 g/mol. The Kier molecular flexibility index (Phi) is 3.94. The highest BCUT2D eigenvalue weighted by molar-refractivity contribution is 5.92. The number of aromatic nitrogens is 2. The molecule has 21 heavy (non-hydrogen) atoms. The average Bonchev–Trinajstić information content (AvgIpc) is 3.19. The van der Waals surface area contributed by atoms with E-state index in [9.17, 15) is 9.59 Å². The van der Waals surface area contributed by atoms with Crippen molar-refractivity contribution in [2.75, 3.05) is 0 Å². The first kappa shape index (κ1) is 14.1. The summed E-state index contributed by atoms with van der Waals surface area (Å²) in [4.78, 5) is 23.4. The molecule has 0 aromatic carbocycles. The van der Waals surface area contributed by atoms with E-state index in [-0.39, 0.29) is 17.9 Å². The van der Waals surface area contributed by atoms with E-state index in [1.807, 2.05) is 4.68 Å². The lowest BCUT2D eigenvalue weighted by atomic mass is 10.1. The van der Waals surface area contributed by atoms with E-state index < -0.39 is 5.97 Å². The topological polar surface area (TPSA) is 84.2 Å². The van der Waals surface area contributed by atoms with Gasteiger partial charge in [0.2, 0.25) is 0 Å². The molecule has 6 nitrogen and oxygen atoms in total. The Labute approximate surface area is 123 Å². The largest absolute Gasteiger partial charge is 0.481 e. The van der Waals surface area contributed by atoms with Crippen molar-refractivity contribution >= 4 is 11.9 Å². The predicted molar refractivity (Wildman–Crippen MR) is 76.0 cm³/mol. The zero-order valence-electron chi connectivity index (χ0n) is 12.0. The molecule has 1 aromatic heterocycles. The van der Waals surface area contributed by atoms with E-state index in [0.29, 0.717) is 24.6 Å². The van der Waals surface area contributed by atoms with Gasteiger partial charge in [-0.25, -0.2) is 0 Å². The summed E-state index contributed by atoms with van der Waals surface area (Å²) in [6.07, 6.45) is 8.10. The zero-order valence-corrected chi connectivity index (χ0v) is 12.0. The molecule has 1 aromatic rings. The molecule has 1 heterocycles. The average molecular weight is 291 g/mol. The van der Waals surface area contributed by atoms with E-state index in [1.165, 1.54) is 12.8 Å². The normalized spacial score (nSPS) is 26.1. The molecule has 114 valence electrons. The molecule has 2 atom stereocenters. The van der Waals surface area contributed by atoms with Crippen LogP contribution in [0.4, 0.5) is 0 Å². The van der Waals surface area contributed by atoms with Crippen LogP contribution in [0, 0.1) is 5.92 Å². The van der Waals surface area contributed by atoms with Gasteiger partial charge in [-0.1, -0.05) is 12.8 Å². The Morgan fingerprint density at radius 3 is 2.67 bits per heavy atom. The van der Waals surface area contributed by atoms with Gasteiger partial charge in [-0.2, -0.15) is 5.10 Å². The van der Waals surface area contributed by atoms with Crippen molar-refractivity contribution in [3.63, 3.8) is 0 Å². The fourth-order valence-electron chi connectivity index (χ4n) is 3.53. The van der Waals surface area contributed by atoms with Crippen molar-refractivity contribution in [3.8, 4) is 0 Å². The van der Waals surface area contributed by atoms with Crippen LogP contribution in [0.15, 0.2) is 12.3 Å². The van der Waals surface area contributed by atoms with Crippen molar-refractivity contribution < 1.29 is 14.7 Å². The lowest BCUT2D eigenvalue weighted by Crippen LogP contribution is -2.35. The van der Waals surface area contributed by atoms with Gasteiger partial charge in [0, 0.05) is 12.2 Å². The molecule has 0 saturated heterocycles. The van der Waals surface area contributed by atoms with Gasteiger partial charge in [0.05, 0.1) is 12.0 Å². The molecule has 2 fully saturated rings. The number of carboxylic acids is 1. The van der Waals surface area contributed by atoms with Gasteiger partial charge in [-0.15, -0.1) is 0 Å². The fourth-order valence-corrected chi connectivity index (χ4v) is 3.53. The molecule has 2 saturated carbocycles. The maximum absolute atomic E-state index is 12.4. The standard InChI is InChI=1S/C15H21N3O3/c19-14(17-11-6-5-10(9-11)15(20)21)13-7-8-16-18(13)12-3-1-2-4-12/h7-8,10-12H,1-6,9H2,(H,17,19)(H,20,21)/t10-,11+/m0/s1. The van der Waals surface area contributed by atoms with Crippen molar-refractivity contribution in [2.24, 2.45) is 5.92 Å². The number of nitrogens with zero attached hydrogens (tertiary/aromatic N) is 2. The van der Waals surface area contributed by atoms with Gasteiger partial charge in [0.25, 0.3) is 5.91 Å². The molecule has 0 aliphatic heterocycles. The quantitative estimate of drug-likeness (QED) is 0.888. The first-order chi connectivity index (χ1) is 10.1. The lowest BCUT2D eigenvalue weighted by Gasteiger charge is -2.16. The maximum Gasteiger partial charge on any atom is 0.306 e. The number of hydrogen-bond acceptors (Lipinski definition) is 3. The summed E-state index contributed by atoms with van der Waals surface area (Å²) in [5, 5.41) is 16.3. The molecule has 2 aliphatic carbocycles. The number of aliphatic carboxylic acids is 1. The van der Waals surface area contributed by atoms with Crippen LogP contribution in [0.5, 0.6) is 0 Å². The Morgan fingerprint density at radius 2 is 2.00 bits per heavy atom. The van der Waals surface area contributed by atoms with Gasteiger partial charge in [-0.05, 0) is 38.2 Å². The van der Waals surface area contributed by atoms with Crippen LogP contribution < -0.4 is 5.32 Å². The first-order valence-electron chi connectivity index (χ1n) is 7.72. The number of carboxylic acid groups (broad SMARTS) is 1. The van der Waals surface area contributed by atoms with E-state index >= 15 is 0 Å². The third-order valence-electron chi connectivity index (χ3n) is 4.69. The Hall–Kier alpha value is -1.85. The SMILES string of the molecule is O=C(N[C@@H]1CC[C@H](C(=O)O)C1)c1ccnn1C1CCCC1. The second-order valence-corrected chi connectivity index (χ2v) is 6.12. The number of amides is 1. The maximum atomic E-state index is 12.4. The first-order valence-corrected chi connectivity index (χ1v) is 7.72. The summed E-state index contributed by atoms with van der Waals surface area (Å²) < 4.78 is 1.84. The van der Waals surface area contributed by atoms with Crippen LogP contribution in [0.2, 0.25) is 0 Å². The minimum absolute atomic E-state index is 0.0365. The molecule has 6 heteroatoms. The van der Waals surface area contributed by atoms with Crippen molar-refractivity contribution in [1.29, 1.82) is 0 Å². The smallest absolute Gasteiger partial charge is 0.306 e. The van der Waals surface area contributed by atoms with Crippen LogP contribution in [0.1, 0.15) is 61.5 Å². The number of rotatable bonds is 4. The summed E-state index contributed by atoms with van der Waals surface area (Å²) in [6, 6.07) is 2.04. The van der Waals surface area contributed by atoms with E-state index in [0.717, 1.165) is 19.3 Å². The zero-order chi connectivity index (χ0) is 14.8. The second kappa shape index (κ2) is 5.87. The summed E-state index contributed by atoms with van der Waals surface area (Å²) in [7, 11) is 0. The molecule has 0 unspecified atom stereocenters. The Balaban J connectivity index is 1.64. The van der Waals surface area contributed by atoms with Crippen LogP contribution >= 0.6 is 0 Å². The fraction of sp³-hybridized carbons (Fsp3) is 0.667. The highest BCUT2D eigenvalue weighted by atomic mass is 16.4. The molecule has 0 bridgehead atoms. The van der Waals surface area contributed by atoms with Crippen LogP contribution in [-0.2, 0) is 4.79 Å². The number of carbonyl (C=O) groups excluding carboxylic acids is 1. The minimum Gasteiger partial charge on any atom is -0.481 e. The van der Waals surface area contributed by atoms with Gasteiger partial charge in [-0.3, -0.25) is 14.3 Å². The van der Waals surface area contributed by atoms with Gasteiger partial charge in [0.1, 0.15) is 5.69 Å². The molecule has 0 spiro atoms.